The van der Waals surface area contributed by atoms with Crippen LogP contribution in [0.15, 0.2) is 54.7 Å². The molecule has 2 aromatic heterocycles. The van der Waals surface area contributed by atoms with Crippen LogP contribution in [0, 0.1) is 6.07 Å². The minimum absolute atomic E-state index is 0.418. The van der Waals surface area contributed by atoms with Gasteiger partial charge in [-0.05, 0) is 48.4 Å². The quantitative estimate of drug-likeness (QED) is 0.594. The van der Waals surface area contributed by atoms with E-state index in [1.165, 1.54) is 5.56 Å². The molecule has 0 aliphatic carbocycles. The Labute approximate surface area is 152 Å². The number of hydrogen-bond acceptors (Lipinski definition) is 2. The van der Waals surface area contributed by atoms with Gasteiger partial charge in [0.05, 0.1) is 23.3 Å². The van der Waals surface area contributed by atoms with Crippen molar-refractivity contribution in [2.45, 2.75) is 26.3 Å². The summed E-state index contributed by atoms with van der Waals surface area (Å²) in [5, 5.41) is 1.80. The highest BCUT2D eigenvalue weighted by atomic mass is 16.1. The summed E-state index contributed by atoms with van der Waals surface area (Å²) in [6.07, 6.45) is 3.87. The van der Waals surface area contributed by atoms with E-state index in [-0.39, 0.29) is 0 Å². The topological polar surface area (TPSA) is 60.9 Å². The standard InChI is InChI=1S/C22H20N3O/c1-2-6-15-10-11-17-20(13-15)25(14-16-7-3-4-12-24-16)19-9-5-8-18(21(17)19)22(23)26/h3-5,7-10,12-13H,2,6,14H2,1H3,(H2,23,26). The molecule has 2 N–H and O–H groups in total. The lowest BCUT2D eigenvalue weighted by Gasteiger charge is -2.08. The first kappa shape index (κ1) is 16.3. The van der Waals surface area contributed by atoms with Crippen LogP contribution in [0.2, 0.25) is 0 Å². The number of carbonyl (C=O) groups excluding carboxylic acids is 1. The van der Waals surface area contributed by atoms with Gasteiger partial charge >= 0.3 is 0 Å². The number of hydrogen-bond donors (Lipinski definition) is 1. The van der Waals surface area contributed by atoms with Crippen LogP contribution in [0.1, 0.15) is 35.0 Å². The van der Waals surface area contributed by atoms with E-state index in [0.29, 0.717) is 12.1 Å². The monoisotopic (exact) mass is 342 g/mol. The van der Waals surface area contributed by atoms with E-state index >= 15 is 0 Å². The van der Waals surface area contributed by atoms with Crippen molar-refractivity contribution in [3.05, 3.63) is 77.6 Å². The Hall–Kier alpha value is -3.14. The third kappa shape index (κ3) is 2.73. The smallest absolute Gasteiger partial charge is 0.249 e. The second-order valence-electron chi connectivity index (χ2n) is 6.49. The second-order valence-corrected chi connectivity index (χ2v) is 6.49. The first-order valence-electron chi connectivity index (χ1n) is 8.84. The molecule has 0 aliphatic rings. The summed E-state index contributed by atoms with van der Waals surface area (Å²) in [4.78, 5) is 16.4. The van der Waals surface area contributed by atoms with Gasteiger partial charge in [-0.1, -0.05) is 31.5 Å². The van der Waals surface area contributed by atoms with Gasteiger partial charge in [0.1, 0.15) is 0 Å². The Bertz CT molecular complexity index is 1100. The normalized spacial score (nSPS) is 11.3. The van der Waals surface area contributed by atoms with Gasteiger partial charge in [0.2, 0.25) is 5.91 Å². The molecular weight excluding hydrogens is 322 g/mol. The number of pyridine rings is 1. The second kappa shape index (κ2) is 6.64. The van der Waals surface area contributed by atoms with E-state index in [9.17, 15) is 4.79 Å². The summed E-state index contributed by atoms with van der Waals surface area (Å²) >= 11 is 0. The van der Waals surface area contributed by atoms with E-state index in [1.807, 2.05) is 36.4 Å². The Balaban J connectivity index is 2.03. The van der Waals surface area contributed by atoms with E-state index in [2.05, 4.69) is 28.6 Å². The van der Waals surface area contributed by atoms with E-state index < -0.39 is 5.91 Å². The molecule has 4 rings (SSSR count). The molecule has 0 aliphatic heterocycles. The third-order valence-corrected chi connectivity index (χ3v) is 4.70. The van der Waals surface area contributed by atoms with Crippen molar-refractivity contribution < 1.29 is 4.79 Å². The zero-order valence-electron chi connectivity index (χ0n) is 14.7. The van der Waals surface area contributed by atoms with Gasteiger partial charge in [0.25, 0.3) is 0 Å². The predicted octanol–water partition coefficient (Wildman–Crippen LogP) is 4.09. The molecule has 0 atom stereocenters. The minimum atomic E-state index is -0.418. The lowest BCUT2D eigenvalue weighted by molar-refractivity contribution is 0.100. The van der Waals surface area contributed by atoms with Gasteiger partial charge in [-0.15, -0.1) is 0 Å². The predicted molar refractivity (Wildman–Crippen MR) is 104 cm³/mol. The van der Waals surface area contributed by atoms with E-state index in [1.54, 1.807) is 12.3 Å². The summed E-state index contributed by atoms with van der Waals surface area (Å²) in [7, 11) is 0. The fourth-order valence-corrected chi connectivity index (χ4v) is 3.56. The van der Waals surface area contributed by atoms with Crippen LogP contribution in [0.4, 0.5) is 0 Å². The fraction of sp³-hybridized carbons (Fsp3) is 0.182. The summed E-state index contributed by atoms with van der Waals surface area (Å²) in [6, 6.07) is 19.2. The summed E-state index contributed by atoms with van der Waals surface area (Å²) in [5.41, 5.74) is 10.4. The Morgan fingerprint density at radius 2 is 2.08 bits per heavy atom. The largest absolute Gasteiger partial charge is 0.366 e. The highest BCUT2D eigenvalue weighted by Gasteiger charge is 2.17. The number of fused-ring (bicyclic) bond motifs is 3. The molecule has 26 heavy (non-hydrogen) atoms. The highest BCUT2D eigenvalue weighted by Crippen LogP contribution is 2.32. The maximum Gasteiger partial charge on any atom is 0.249 e. The molecule has 1 radical (unpaired) electrons. The molecule has 2 aromatic carbocycles. The number of benzene rings is 2. The fourth-order valence-electron chi connectivity index (χ4n) is 3.56. The van der Waals surface area contributed by atoms with Gasteiger partial charge in [0.15, 0.2) is 0 Å². The molecule has 2 heterocycles. The van der Waals surface area contributed by atoms with Crippen molar-refractivity contribution in [3.8, 4) is 0 Å². The van der Waals surface area contributed by atoms with Gasteiger partial charge in [-0.2, -0.15) is 0 Å². The highest BCUT2D eigenvalue weighted by molar-refractivity contribution is 6.17. The molecule has 0 fully saturated rings. The number of rotatable bonds is 5. The molecule has 4 heteroatoms. The lowest BCUT2D eigenvalue weighted by Crippen LogP contribution is -2.11. The zero-order valence-corrected chi connectivity index (χ0v) is 14.7. The van der Waals surface area contributed by atoms with Crippen LogP contribution in [0.3, 0.4) is 0 Å². The van der Waals surface area contributed by atoms with Gasteiger partial charge in [-0.3, -0.25) is 9.78 Å². The summed E-state index contributed by atoms with van der Waals surface area (Å²) < 4.78 is 2.20. The number of aromatic nitrogens is 2. The molecule has 129 valence electrons. The molecule has 0 saturated heterocycles. The Kier molecular flexibility index (Phi) is 4.17. The van der Waals surface area contributed by atoms with Crippen molar-refractivity contribution in [1.82, 2.24) is 9.55 Å². The van der Waals surface area contributed by atoms with Crippen LogP contribution in [0.5, 0.6) is 0 Å². The van der Waals surface area contributed by atoms with Gasteiger partial charge in [0, 0.05) is 22.5 Å². The molecule has 1 amide bonds. The summed E-state index contributed by atoms with van der Waals surface area (Å²) in [6.45, 7) is 2.80. The Morgan fingerprint density at radius 1 is 1.19 bits per heavy atom. The molecule has 4 aromatic rings. The molecule has 0 bridgehead atoms. The zero-order chi connectivity index (χ0) is 18.1. The van der Waals surface area contributed by atoms with Crippen LogP contribution in [0.25, 0.3) is 21.8 Å². The van der Waals surface area contributed by atoms with E-state index in [0.717, 1.165) is 40.3 Å². The first-order chi connectivity index (χ1) is 12.7. The maximum atomic E-state index is 12.0. The maximum absolute atomic E-state index is 12.0. The van der Waals surface area contributed by atoms with E-state index in [4.69, 9.17) is 5.73 Å². The van der Waals surface area contributed by atoms with Crippen LogP contribution >= 0.6 is 0 Å². The van der Waals surface area contributed by atoms with Crippen LogP contribution < -0.4 is 5.73 Å². The lowest BCUT2D eigenvalue weighted by atomic mass is 10.0. The van der Waals surface area contributed by atoms with Crippen molar-refractivity contribution in [2.75, 3.05) is 0 Å². The van der Waals surface area contributed by atoms with Crippen LogP contribution in [-0.2, 0) is 13.0 Å². The van der Waals surface area contributed by atoms with Crippen molar-refractivity contribution in [1.29, 1.82) is 0 Å². The first-order valence-corrected chi connectivity index (χ1v) is 8.84. The van der Waals surface area contributed by atoms with Crippen molar-refractivity contribution >= 4 is 27.7 Å². The van der Waals surface area contributed by atoms with Gasteiger partial charge in [-0.25, -0.2) is 0 Å². The van der Waals surface area contributed by atoms with Crippen LogP contribution in [-0.4, -0.2) is 15.5 Å². The van der Waals surface area contributed by atoms with Crippen molar-refractivity contribution in [3.63, 3.8) is 0 Å². The molecule has 0 spiro atoms. The number of nitrogens with zero attached hydrogens (tertiary/aromatic N) is 2. The number of nitrogens with two attached hydrogens (primary N) is 1. The van der Waals surface area contributed by atoms with Crippen molar-refractivity contribution in [2.24, 2.45) is 5.73 Å². The molecular formula is C22H20N3O. The average molecular weight is 342 g/mol. The number of aryl methyl sites for hydroxylation is 1. The SMILES string of the molecule is CCCc1c[c]c2c3c(C(N)=O)cccc3n(Cc3ccccn3)c2c1. The molecule has 0 saturated carbocycles. The Morgan fingerprint density at radius 3 is 2.81 bits per heavy atom. The number of carbonyl (C=O) groups is 1. The molecule has 4 nitrogen and oxygen atoms in total. The molecule has 0 unspecified atom stereocenters. The third-order valence-electron chi connectivity index (χ3n) is 4.70. The average Bonchev–Trinajstić information content (AvgIpc) is 2.96. The van der Waals surface area contributed by atoms with Gasteiger partial charge < -0.3 is 10.3 Å². The minimum Gasteiger partial charge on any atom is -0.366 e. The number of primary amides is 1. The number of amides is 1. The summed E-state index contributed by atoms with van der Waals surface area (Å²) in [5.74, 6) is -0.418.